The van der Waals surface area contributed by atoms with Gasteiger partial charge in [-0.1, -0.05) is 26.2 Å². The van der Waals surface area contributed by atoms with Crippen LogP contribution in [0, 0.1) is 0 Å². The molecule has 0 aromatic carbocycles. The standard InChI is InChI=1S/C17H29N3O4/c1-3-12(2)24-15(21)11-14-16(22)18-9-10-20(14)17(23)19-13-7-5-4-6-8-13/h12-14H,3-11H2,1-2H3,(H,18,22)(H,19,23). The van der Waals surface area contributed by atoms with Crippen LogP contribution in [-0.2, 0) is 14.3 Å². The quantitative estimate of drug-likeness (QED) is 0.744. The highest BCUT2D eigenvalue weighted by Gasteiger charge is 2.36. The molecule has 1 saturated carbocycles. The predicted octanol–water partition coefficient (Wildman–Crippen LogP) is 1.56. The third-order valence-electron chi connectivity index (χ3n) is 4.79. The van der Waals surface area contributed by atoms with E-state index in [4.69, 9.17) is 4.74 Å². The molecule has 136 valence electrons. The summed E-state index contributed by atoms with van der Waals surface area (Å²) in [4.78, 5) is 38.2. The van der Waals surface area contributed by atoms with E-state index in [1.807, 2.05) is 13.8 Å². The zero-order valence-corrected chi connectivity index (χ0v) is 14.7. The summed E-state index contributed by atoms with van der Waals surface area (Å²) in [5.41, 5.74) is 0. The molecule has 2 aliphatic rings. The fourth-order valence-electron chi connectivity index (χ4n) is 3.18. The van der Waals surface area contributed by atoms with E-state index in [2.05, 4.69) is 10.6 Å². The minimum atomic E-state index is -0.793. The van der Waals surface area contributed by atoms with Crippen LogP contribution in [0.25, 0.3) is 0 Å². The lowest BCUT2D eigenvalue weighted by Crippen LogP contribution is -2.61. The number of piperazine rings is 1. The Balaban J connectivity index is 1.95. The summed E-state index contributed by atoms with van der Waals surface area (Å²) in [5.74, 6) is -0.733. The van der Waals surface area contributed by atoms with Gasteiger partial charge in [0.2, 0.25) is 5.91 Å². The molecular weight excluding hydrogens is 310 g/mol. The van der Waals surface area contributed by atoms with Crippen molar-refractivity contribution in [2.45, 2.75) is 77.0 Å². The molecule has 2 rings (SSSR count). The van der Waals surface area contributed by atoms with Gasteiger partial charge in [0, 0.05) is 19.1 Å². The van der Waals surface area contributed by atoms with Crippen LogP contribution < -0.4 is 10.6 Å². The number of ether oxygens (including phenoxy) is 1. The second-order valence-corrected chi connectivity index (χ2v) is 6.70. The van der Waals surface area contributed by atoms with Gasteiger partial charge >= 0.3 is 12.0 Å². The second-order valence-electron chi connectivity index (χ2n) is 6.70. The molecule has 2 N–H and O–H groups in total. The van der Waals surface area contributed by atoms with E-state index in [9.17, 15) is 14.4 Å². The van der Waals surface area contributed by atoms with E-state index in [1.165, 1.54) is 11.3 Å². The van der Waals surface area contributed by atoms with E-state index in [0.29, 0.717) is 19.5 Å². The summed E-state index contributed by atoms with van der Waals surface area (Å²) >= 11 is 0. The Morgan fingerprint density at radius 2 is 2.04 bits per heavy atom. The fraction of sp³-hybridized carbons (Fsp3) is 0.824. The van der Waals surface area contributed by atoms with Crippen LogP contribution in [0.3, 0.4) is 0 Å². The largest absolute Gasteiger partial charge is 0.463 e. The van der Waals surface area contributed by atoms with Gasteiger partial charge in [0.05, 0.1) is 12.5 Å². The number of carbonyl (C=O) groups is 3. The van der Waals surface area contributed by atoms with Gasteiger partial charge in [-0.3, -0.25) is 9.59 Å². The molecule has 1 aliphatic heterocycles. The maximum Gasteiger partial charge on any atom is 0.318 e. The maximum absolute atomic E-state index is 12.6. The van der Waals surface area contributed by atoms with Gasteiger partial charge in [-0.25, -0.2) is 4.79 Å². The highest BCUT2D eigenvalue weighted by molar-refractivity contribution is 5.91. The van der Waals surface area contributed by atoms with E-state index in [1.54, 1.807) is 0 Å². The van der Waals surface area contributed by atoms with E-state index < -0.39 is 12.0 Å². The molecule has 2 unspecified atom stereocenters. The highest BCUT2D eigenvalue weighted by Crippen LogP contribution is 2.18. The first kappa shape index (κ1) is 18.5. The number of carbonyl (C=O) groups excluding carboxylic acids is 3. The Morgan fingerprint density at radius 1 is 1.33 bits per heavy atom. The zero-order valence-electron chi connectivity index (χ0n) is 14.7. The smallest absolute Gasteiger partial charge is 0.318 e. The number of hydrogen-bond acceptors (Lipinski definition) is 4. The van der Waals surface area contributed by atoms with Crippen molar-refractivity contribution in [3.63, 3.8) is 0 Å². The van der Waals surface area contributed by atoms with Crippen LogP contribution >= 0.6 is 0 Å². The molecule has 1 saturated heterocycles. The molecule has 0 bridgehead atoms. The van der Waals surface area contributed by atoms with Crippen LogP contribution in [0.15, 0.2) is 0 Å². The minimum Gasteiger partial charge on any atom is -0.463 e. The summed E-state index contributed by atoms with van der Waals surface area (Å²) < 4.78 is 5.25. The van der Waals surface area contributed by atoms with Crippen LogP contribution in [0.4, 0.5) is 4.79 Å². The predicted molar refractivity (Wildman–Crippen MR) is 89.4 cm³/mol. The third kappa shape index (κ3) is 5.11. The molecule has 1 aliphatic carbocycles. The topological polar surface area (TPSA) is 87.7 Å². The van der Waals surface area contributed by atoms with E-state index >= 15 is 0 Å². The Bertz CT molecular complexity index is 463. The van der Waals surface area contributed by atoms with Gasteiger partial charge in [-0.2, -0.15) is 0 Å². The number of amides is 3. The number of urea groups is 1. The summed E-state index contributed by atoms with van der Waals surface area (Å²) in [5, 5.41) is 5.74. The summed E-state index contributed by atoms with van der Waals surface area (Å²) in [7, 11) is 0. The zero-order chi connectivity index (χ0) is 17.5. The van der Waals surface area contributed by atoms with Crippen LogP contribution in [-0.4, -0.2) is 54.1 Å². The number of nitrogens with zero attached hydrogens (tertiary/aromatic N) is 1. The Kier molecular flexibility index (Phi) is 6.87. The van der Waals surface area contributed by atoms with Crippen molar-refractivity contribution in [1.29, 1.82) is 0 Å². The summed E-state index contributed by atoms with van der Waals surface area (Å²) in [6.07, 6.45) is 5.84. The van der Waals surface area contributed by atoms with Crippen molar-refractivity contribution < 1.29 is 19.1 Å². The van der Waals surface area contributed by atoms with Gasteiger partial charge in [0.15, 0.2) is 0 Å². The lowest BCUT2D eigenvalue weighted by atomic mass is 9.95. The molecule has 2 fully saturated rings. The first-order chi connectivity index (χ1) is 11.5. The molecule has 1 heterocycles. The highest BCUT2D eigenvalue weighted by atomic mass is 16.5. The molecule has 0 aromatic rings. The maximum atomic E-state index is 12.6. The minimum absolute atomic E-state index is 0.103. The number of nitrogens with one attached hydrogen (secondary N) is 2. The van der Waals surface area contributed by atoms with Crippen molar-refractivity contribution in [3.8, 4) is 0 Å². The monoisotopic (exact) mass is 339 g/mol. The van der Waals surface area contributed by atoms with Gasteiger partial charge < -0.3 is 20.3 Å². The fourth-order valence-corrected chi connectivity index (χ4v) is 3.18. The first-order valence-corrected chi connectivity index (χ1v) is 9.05. The third-order valence-corrected chi connectivity index (χ3v) is 4.79. The molecule has 2 atom stereocenters. The average molecular weight is 339 g/mol. The number of hydrogen-bond donors (Lipinski definition) is 2. The molecule has 3 amide bonds. The van der Waals surface area contributed by atoms with E-state index in [0.717, 1.165) is 25.7 Å². The normalized spacial score (nSPS) is 23.3. The SMILES string of the molecule is CCC(C)OC(=O)CC1C(=O)NCCN1C(=O)NC1CCCCC1. The molecule has 0 aromatic heterocycles. The average Bonchev–Trinajstić information content (AvgIpc) is 2.57. The molecular formula is C17H29N3O4. The van der Waals surface area contributed by atoms with Crippen molar-refractivity contribution in [2.75, 3.05) is 13.1 Å². The Morgan fingerprint density at radius 3 is 2.71 bits per heavy atom. The Labute approximate surface area is 143 Å². The van der Waals surface area contributed by atoms with Crippen molar-refractivity contribution >= 4 is 17.9 Å². The molecule has 0 spiro atoms. The van der Waals surface area contributed by atoms with E-state index in [-0.39, 0.29) is 30.5 Å². The molecule has 24 heavy (non-hydrogen) atoms. The van der Waals surface area contributed by atoms with Gasteiger partial charge in [-0.15, -0.1) is 0 Å². The van der Waals surface area contributed by atoms with Crippen molar-refractivity contribution in [2.24, 2.45) is 0 Å². The van der Waals surface area contributed by atoms with Crippen LogP contribution in [0.2, 0.25) is 0 Å². The second kappa shape index (κ2) is 8.89. The molecule has 7 heteroatoms. The van der Waals surface area contributed by atoms with Gasteiger partial charge in [0.25, 0.3) is 0 Å². The molecule has 0 radical (unpaired) electrons. The van der Waals surface area contributed by atoms with Crippen LogP contribution in [0.5, 0.6) is 0 Å². The number of rotatable bonds is 5. The summed E-state index contributed by atoms with van der Waals surface area (Å²) in [6, 6.07) is -0.874. The van der Waals surface area contributed by atoms with Gasteiger partial charge in [-0.05, 0) is 26.2 Å². The van der Waals surface area contributed by atoms with Crippen molar-refractivity contribution in [3.05, 3.63) is 0 Å². The lowest BCUT2D eigenvalue weighted by molar-refractivity contribution is -0.151. The van der Waals surface area contributed by atoms with Crippen molar-refractivity contribution in [1.82, 2.24) is 15.5 Å². The first-order valence-electron chi connectivity index (χ1n) is 9.05. The van der Waals surface area contributed by atoms with Gasteiger partial charge in [0.1, 0.15) is 6.04 Å². The number of esters is 1. The lowest BCUT2D eigenvalue weighted by Gasteiger charge is -2.36. The van der Waals surface area contributed by atoms with Crippen LogP contribution in [0.1, 0.15) is 58.8 Å². The Hall–Kier alpha value is -1.79. The molecule has 7 nitrogen and oxygen atoms in total. The summed E-state index contributed by atoms with van der Waals surface area (Å²) in [6.45, 7) is 4.56.